The van der Waals surface area contributed by atoms with Gasteiger partial charge in [-0.15, -0.1) is 0 Å². The number of hydrogen-bond donors (Lipinski definition) is 2. The van der Waals surface area contributed by atoms with Crippen molar-refractivity contribution in [2.45, 2.75) is 83.1 Å². The van der Waals surface area contributed by atoms with Crippen molar-refractivity contribution >= 4 is 23.7 Å². The molecule has 1 saturated heterocycles. The van der Waals surface area contributed by atoms with E-state index in [1.54, 1.807) is 56.3 Å². The maximum Gasteiger partial charge on any atom is 0.338 e. The number of esters is 3. The summed E-state index contributed by atoms with van der Waals surface area (Å²) in [5.74, 6) is -5.92. The number of aliphatic hydroxyl groups excluding tert-OH is 1. The number of ketones is 1. The minimum Gasteiger partial charge on any atom is -0.465 e. The van der Waals surface area contributed by atoms with Crippen molar-refractivity contribution in [2.75, 3.05) is 6.61 Å². The van der Waals surface area contributed by atoms with Crippen molar-refractivity contribution in [2.24, 2.45) is 29.1 Å². The highest BCUT2D eigenvalue weighted by molar-refractivity contribution is 5.97. The van der Waals surface area contributed by atoms with Crippen LogP contribution < -0.4 is 0 Å². The Hall–Kier alpha value is -3.08. The van der Waals surface area contributed by atoms with Gasteiger partial charge in [0.05, 0.1) is 28.6 Å². The van der Waals surface area contributed by atoms with Crippen LogP contribution in [0.5, 0.6) is 0 Å². The quantitative estimate of drug-likeness (QED) is 0.307. The van der Waals surface area contributed by atoms with Gasteiger partial charge in [-0.25, -0.2) is 4.79 Å². The van der Waals surface area contributed by atoms with Gasteiger partial charge < -0.3 is 29.2 Å². The molecule has 1 aromatic rings. The van der Waals surface area contributed by atoms with Gasteiger partial charge in [-0.05, 0) is 45.2 Å². The molecule has 41 heavy (non-hydrogen) atoms. The fourth-order valence-electron chi connectivity index (χ4n) is 8.34. The van der Waals surface area contributed by atoms with Gasteiger partial charge in [0.2, 0.25) is 0 Å². The Morgan fingerprint density at radius 1 is 1.02 bits per heavy atom. The zero-order valence-corrected chi connectivity index (χ0v) is 24.2. The summed E-state index contributed by atoms with van der Waals surface area (Å²) in [4.78, 5) is 53.0. The summed E-state index contributed by atoms with van der Waals surface area (Å²) in [5, 5.41) is 24.3. The normalized spacial score (nSPS) is 42.0. The third kappa shape index (κ3) is 4.25. The van der Waals surface area contributed by atoms with Crippen molar-refractivity contribution in [1.82, 2.24) is 0 Å². The van der Waals surface area contributed by atoms with Crippen LogP contribution >= 0.6 is 0 Å². The molecule has 0 amide bonds. The second kappa shape index (κ2) is 9.74. The van der Waals surface area contributed by atoms with Crippen molar-refractivity contribution < 1.29 is 48.3 Å². The SMILES string of the molecule is CC(=O)OCC12C(O)C=CC3C1C(C)(OC3(C)C)C(=O)C1(O)CC(C)C(OC(C)=O)C1C2OC(=O)c1ccccc1. The van der Waals surface area contributed by atoms with Crippen LogP contribution in [0.2, 0.25) is 0 Å². The van der Waals surface area contributed by atoms with Gasteiger partial charge in [0, 0.05) is 25.7 Å². The molecule has 0 spiro atoms. The predicted molar refractivity (Wildman–Crippen MR) is 143 cm³/mol. The molecule has 4 aliphatic rings. The Labute approximate surface area is 239 Å². The first-order valence-electron chi connectivity index (χ1n) is 14.0. The van der Waals surface area contributed by atoms with Gasteiger partial charge in [0.15, 0.2) is 5.78 Å². The number of carbonyl (C=O) groups excluding carboxylic acids is 4. The average molecular weight is 571 g/mol. The lowest BCUT2D eigenvalue weighted by atomic mass is 9.54. The van der Waals surface area contributed by atoms with E-state index in [2.05, 4.69) is 0 Å². The molecule has 10 unspecified atom stereocenters. The van der Waals surface area contributed by atoms with E-state index in [9.17, 15) is 29.4 Å². The monoisotopic (exact) mass is 570 g/mol. The third-order valence-electron chi connectivity index (χ3n) is 9.73. The van der Waals surface area contributed by atoms with Crippen LogP contribution in [-0.4, -0.2) is 75.6 Å². The maximum absolute atomic E-state index is 14.7. The predicted octanol–water partition coefficient (Wildman–Crippen LogP) is 2.39. The zero-order chi connectivity index (χ0) is 30.1. The molecule has 1 heterocycles. The average Bonchev–Trinajstić information content (AvgIpc) is 3.26. The fourth-order valence-corrected chi connectivity index (χ4v) is 8.34. The Kier molecular flexibility index (Phi) is 6.99. The molecule has 0 bridgehead atoms. The summed E-state index contributed by atoms with van der Waals surface area (Å²) >= 11 is 0. The molecule has 3 fully saturated rings. The standard InChI is InChI=1S/C31H38O10/c1-16-14-31(37)22(23(16)39-18(3)33)25(40-26(35)19-10-8-7-9-11-19)30(15-38-17(2)32)21(34)13-12-20-24(30)29(6,27(31)36)41-28(20,4)5/h7-13,16,20-25,34,37H,14-15H2,1-6H3. The minimum atomic E-state index is -2.17. The molecule has 10 nitrogen and oxygen atoms in total. The van der Waals surface area contributed by atoms with Crippen molar-refractivity contribution in [1.29, 1.82) is 0 Å². The first-order chi connectivity index (χ1) is 19.1. The van der Waals surface area contributed by atoms with Crippen molar-refractivity contribution in [3.05, 3.63) is 48.0 Å². The molecule has 0 radical (unpaired) electrons. The first-order valence-corrected chi connectivity index (χ1v) is 14.0. The smallest absolute Gasteiger partial charge is 0.338 e. The number of benzene rings is 1. The molecule has 0 aromatic heterocycles. The first kappa shape index (κ1) is 29.4. The Morgan fingerprint density at radius 2 is 1.68 bits per heavy atom. The molecule has 2 N–H and O–H groups in total. The van der Waals surface area contributed by atoms with E-state index in [4.69, 9.17) is 18.9 Å². The second-order valence-corrected chi connectivity index (χ2v) is 12.8. The number of fused-ring (bicyclic) bond motifs is 1. The molecule has 3 aliphatic carbocycles. The van der Waals surface area contributed by atoms with E-state index in [-0.39, 0.29) is 12.0 Å². The van der Waals surface area contributed by atoms with Gasteiger partial charge in [0.1, 0.15) is 30.0 Å². The van der Waals surface area contributed by atoms with E-state index in [0.29, 0.717) is 0 Å². The number of hydrogen-bond acceptors (Lipinski definition) is 10. The van der Waals surface area contributed by atoms with Gasteiger partial charge in [-0.2, -0.15) is 0 Å². The topological polar surface area (TPSA) is 146 Å². The number of rotatable bonds is 5. The number of aliphatic hydroxyl groups is 2. The van der Waals surface area contributed by atoms with Gasteiger partial charge in [0.25, 0.3) is 0 Å². The zero-order valence-electron chi connectivity index (χ0n) is 24.2. The lowest BCUT2D eigenvalue weighted by Crippen LogP contribution is -2.64. The van der Waals surface area contributed by atoms with Crippen LogP contribution in [0, 0.1) is 29.1 Å². The summed E-state index contributed by atoms with van der Waals surface area (Å²) in [7, 11) is 0. The summed E-state index contributed by atoms with van der Waals surface area (Å²) in [6, 6.07) is 8.18. The highest BCUT2D eigenvalue weighted by atomic mass is 16.6. The molecule has 5 rings (SSSR count). The number of ether oxygens (including phenoxy) is 4. The summed E-state index contributed by atoms with van der Waals surface area (Å²) < 4.78 is 24.1. The Bertz CT molecular complexity index is 1290. The lowest BCUT2D eigenvalue weighted by Gasteiger charge is -2.52. The third-order valence-corrected chi connectivity index (χ3v) is 9.73. The lowest BCUT2D eigenvalue weighted by molar-refractivity contribution is -0.195. The van der Waals surface area contributed by atoms with Crippen LogP contribution in [0.25, 0.3) is 0 Å². The van der Waals surface area contributed by atoms with Gasteiger partial charge >= 0.3 is 17.9 Å². The van der Waals surface area contributed by atoms with Crippen LogP contribution in [0.15, 0.2) is 42.5 Å². The van der Waals surface area contributed by atoms with Crippen LogP contribution in [0.1, 0.15) is 58.3 Å². The van der Waals surface area contributed by atoms with Crippen molar-refractivity contribution in [3.8, 4) is 0 Å². The van der Waals surface area contributed by atoms with Crippen LogP contribution in [-0.2, 0) is 33.3 Å². The molecule has 1 aromatic carbocycles. The Balaban J connectivity index is 1.82. The molecular weight excluding hydrogens is 532 g/mol. The van der Waals surface area contributed by atoms with E-state index < -0.39 is 94.5 Å². The van der Waals surface area contributed by atoms with E-state index >= 15 is 0 Å². The van der Waals surface area contributed by atoms with E-state index in [0.717, 1.165) is 0 Å². The summed E-state index contributed by atoms with van der Waals surface area (Å²) in [6.07, 6.45) is -0.678. The van der Waals surface area contributed by atoms with E-state index in [1.165, 1.54) is 13.8 Å². The minimum absolute atomic E-state index is 0.0994. The molecular formula is C31H38O10. The number of Topliss-reactive ketones (excluding diaryl/α,β-unsaturated/α-hetero) is 1. The van der Waals surface area contributed by atoms with Gasteiger partial charge in [-0.3, -0.25) is 14.4 Å². The molecule has 10 heteroatoms. The molecule has 2 saturated carbocycles. The molecule has 222 valence electrons. The molecule has 1 aliphatic heterocycles. The van der Waals surface area contributed by atoms with Crippen molar-refractivity contribution in [3.63, 3.8) is 0 Å². The summed E-state index contributed by atoms with van der Waals surface area (Å²) in [5.41, 5.74) is -6.25. The molecule has 10 atom stereocenters. The Morgan fingerprint density at radius 3 is 2.29 bits per heavy atom. The summed E-state index contributed by atoms with van der Waals surface area (Å²) in [6.45, 7) is 8.94. The fraction of sp³-hybridized carbons (Fsp3) is 0.613. The van der Waals surface area contributed by atoms with Crippen LogP contribution in [0.3, 0.4) is 0 Å². The second-order valence-electron chi connectivity index (χ2n) is 12.8. The maximum atomic E-state index is 14.7. The van der Waals surface area contributed by atoms with Gasteiger partial charge in [-0.1, -0.05) is 37.3 Å². The van der Waals surface area contributed by atoms with Crippen LogP contribution in [0.4, 0.5) is 0 Å². The highest BCUT2D eigenvalue weighted by Gasteiger charge is 2.80. The van der Waals surface area contributed by atoms with E-state index in [1.807, 2.05) is 13.8 Å². The number of carbonyl (C=O) groups is 4. The largest absolute Gasteiger partial charge is 0.465 e. The highest BCUT2D eigenvalue weighted by Crippen LogP contribution is 2.66.